The first-order valence-electron chi connectivity index (χ1n) is 5.45. The zero-order chi connectivity index (χ0) is 11.4. The van der Waals surface area contributed by atoms with Crippen LogP contribution in [0.15, 0.2) is 30.5 Å². The van der Waals surface area contributed by atoms with Gasteiger partial charge >= 0.3 is 0 Å². The molecule has 16 heavy (non-hydrogen) atoms. The molecule has 1 aromatic heterocycles. The Kier molecular flexibility index (Phi) is 3.31. The Morgan fingerprint density at radius 2 is 2.12 bits per heavy atom. The summed E-state index contributed by atoms with van der Waals surface area (Å²) >= 11 is 0. The number of hydrogen-bond donors (Lipinski definition) is 1. The monoisotopic (exact) mass is 217 g/mol. The number of rotatable bonds is 4. The van der Waals surface area contributed by atoms with Crippen LogP contribution in [0.25, 0.3) is 5.69 Å². The van der Waals surface area contributed by atoms with E-state index in [1.165, 1.54) is 5.56 Å². The predicted molar refractivity (Wildman–Crippen MR) is 61.5 cm³/mol. The van der Waals surface area contributed by atoms with Gasteiger partial charge in [-0.3, -0.25) is 0 Å². The Morgan fingerprint density at radius 3 is 2.88 bits per heavy atom. The minimum atomic E-state index is 0.105. The van der Waals surface area contributed by atoms with E-state index in [0.29, 0.717) is 6.42 Å². The molecule has 2 aromatic rings. The van der Waals surface area contributed by atoms with Crippen LogP contribution in [0, 0.1) is 0 Å². The van der Waals surface area contributed by atoms with Gasteiger partial charge in [-0.05, 0) is 18.1 Å². The summed E-state index contributed by atoms with van der Waals surface area (Å²) in [5.74, 6) is 0. The summed E-state index contributed by atoms with van der Waals surface area (Å²) in [6.07, 6.45) is 3.38. The fourth-order valence-electron chi connectivity index (χ4n) is 1.68. The Labute approximate surface area is 94.5 Å². The number of aryl methyl sites for hydroxylation is 1. The van der Waals surface area contributed by atoms with E-state index < -0.39 is 0 Å². The lowest BCUT2D eigenvalue weighted by atomic mass is 10.1. The van der Waals surface area contributed by atoms with E-state index in [1.54, 1.807) is 4.68 Å². The Hall–Kier alpha value is -1.68. The van der Waals surface area contributed by atoms with E-state index in [4.69, 9.17) is 5.11 Å². The molecular weight excluding hydrogens is 202 g/mol. The lowest BCUT2D eigenvalue weighted by Crippen LogP contribution is -1.99. The van der Waals surface area contributed by atoms with Crippen LogP contribution in [0.2, 0.25) is 0 Å². The molecule has 2 rings (SSSR count). The Bertz CT molecular complexity index is 465. The molecule has 0 bridgehead atoms. The van der Waals surface area contributed by atoms with Gasteiger partial charge in [-0.15, -0.1) is 5.10 Å². The minimum Gasteiger partial charge on any atom is -0.396 e. The second kappa shape index (κ2) is 4.90. The third-order valence-corrected chi connectivity index (χ3v) is 2.53. The number of aromatic nitrogens is 3. The molecule has 0 radical (unpaired) electrons. The molecule has 0 aliphatic heterocycles. The number of para-hydroxylation sites is 1. The van der Waals surface area contributed by atoms with Crippen molar-refractivity contribution in [3.63, 3.8) is 0 Å². The Morgan fingerprint density at radius 1 is 1.31 bits per heavy atom. The zero-order valence-electron chi connectivity index (χ0n) is 9.30. The number of aliphatic hydroxyl groups excluding tert-OH is 1. The smallest absolute Gasteiger partial charge is 0.0854 e. The normalized spacial score (nSPS) is 10.6. The van der Waals surface area contributed by atoms with Crippen LogP contribution in [-0.2, 0) is 12.8 Å². The number of nitrogens with zero attached hydrogens (tertiary/aromatic N) is 3. The molecule has 0 unspecified atom stereocenters. The third kappa shape index (κ3) is 2.12. The highest BCUT2D eigenvalue weighted by atomic mass is 16.3. The van der Waals surface area contributed by atoms with Gasteiger partial charge in [0.2, 0.25) is 0 Å². The van der Waals surface area contributed by atoms with E-state index in [1.807, 2.05) is 24.4 Å². The highest BCUT2D eigenvalue weighted by molar-refractivity contribution is 5.40. The first-order chi connectivity index (χ1) is 7.85. The highest BCUT2D eigenvalue weighted by Gasteiger charge is 2.05. The van der Waals surface area contributed by atoms with Crippen molar-refractivity contribution in [3.8, 4) is 5.69 Å². The molecule has 84 valence electrons. The van der Waals surface area contributed by atoms with Crippen molar-refractivity contribution in [2.24, 2.45) is 0 Å². The molecule has 0 saturated carbocycles. The van der Waals surface area contributed by atoms with Crippen LogP contribution in [0.1, 0.15) is 18.2 Å². The zero-order valence-corrected chi connectivity index (χ0v) is 9.30. The second-order valence-electron chi connectivity index (χ2n) is 3.61. The Balaban J connectivity index is 2.34. The number of benzene rings is 1. The molecule has 0 fully saturated rings. The van der Waals surface area contributed by atoms with Gasteiger partial charge in [-0.25, -0.2) is 4.68 Å². The van der Waals surface area contributed by atoms with Crippen molar-refractivity contribution < 1.29 is 5.11 Å². The molecule has 1 N–H and O–H groups in total. The molecule has 4 nitrogen and oxygen atoms in total. The molecule has 1 aromatic carbocycles. The van der Waals surface area contributed by atoms with Crippen molar-refractivity contribution in [2.45, 2.75) is 19.8 Å². The van der Waals surface area contributed by atoms with Crippen LogP contribution >= 0.6 is 0 Å². The summed E-state index contributed by atoms with van der Waals surface area (Å²) in [4.78, 5) is 0. The van der Waals surface area contributed by atoms with Gasteiger partial charge in [-0.1, -0.05) is 30.3 Å². The average molecular weight is 217 g/mol. The van der Waals surface area contributed by atoms with E-state index in [9.17, 15) is 0 Å². The first-order valence-corrected chi connectivity index (χ1v) is 5.45. The van der Waals surface area contributed by atoms with Crippen LogP contribution < -0.4 is 0 Å². The van der Waals surface area contributed by atoms with Crippen molar-refractivity contribution in [1.82, 2.24) is 15.0 Å². The molecular formula is C12H15N3O. The number of hydrogen-bond acceptors (Lipinski definition) is 3. The van der Waals surface area contributed by atoms with Crippen molar-refractivity contribution in [1.29, 1.82) is 0 Å². The molecule has 0 amide bonds. The summed E-state index contributed by atoms with van der Waals surface area (Å²) in [6, 6.07) is 8.12. The summed E-state index contributed by atoms with van der Waals surface area (Å²) in [5.41, 5.74) is 3.11. The molecule has 4 heteroatoms. The fraction of sp³-hybridized carbons (Fsp3) is 0.333. The highest BCUT2D eigenvalue weighted by Crippen LogP contribution is 2.14. The fourth-order valence-corrected chi connectivity index (χ4v) is 1.68. The lowest BCUT2D eigenvalue weighted by molar-refractivity contribution is 0.298. The standard InChI is InChI=1S/C12H15N3O/c1-2-10-5-3-4-6-12(10)15-9-11(7-8-16)13-14-15/h3-6,9,16H,2,7-8H2,1H3. The molecule has 0 aliphatic carbocycles. The summed E-state index contributed by atoms with van der Waals surface area (Å²) < 4.78 is 1.77. The predicted octanol–water partition coefficient (Wildman–Crippen LogP) is 1.36. The molecule has 1 heterocycles. The minimum absolute atomic E-state index is 0.105. The maximum absolute atomic E-state index is 8.82. The molecule has 0 spiro atoms. The van der Waals surface area contributed by atoms with Crippen LogP contribution in [0.5, 0.6) is 0 Å². The van der Waals surface area contributed by atoms with E-state index >= 15 is 0 Å². The summed E-state index contributed by atoms with van der Waals surface area (Å²) in [7, 11) is 0. The average Bonchev–Trinajstić information content (AvgIpc) is 2.78. The largest absolute Gasteiger partial charge is 0.396 e. The van der Waals surface area contributed by atoms with Crippen molar-refractivity contribution >= 4 is 0 Å². The molecule has 0 atom stereocenters. The van der Waals surface area contributed by atoms with E-state index in [-0.39, 0.29) is 6.61 Å². The first kappa shape index (κ1) is 10.8. The van der Waals surface area contributed by atoms with Gasteiger partial charge in [0.05, 0.1) is 17.6 Å². The van der Waals surface area contributed by atoms with Gasteiger partial charge < -0.3 is 5.11 Å². The quantitative estimate of drug-likeness (QED) is 0.841. The van der Waals surface area contributed by atoms with Gasteiger partial charge in [-0.2, -0.15) is 0 Å². The van der Waals surface area contributed by atoms with Crippen molar-refractivity contribution in [3.05, 3.63) is 41.7 Å². The van der Waals surface area contributed by atoms with Gasteiger partial charge in [0, 0.05) is 13.0 Å². The second-order valence-corrected chi connectivity index (χ2v) is 3.61. The van der Waals surface area contributed by atoms with Gasteiger partial charge in [0.25, 0.3) is 0 Å². The van der Waals surface area contributed by atoms with E-state index in [0.717, 1.165) is 17.8 Å². The summed E-state index contributed by atoms with van der Waals surface area (Å²) in [6.45, 7) is 2.22. The maximum atomic E-state index is 8.82. The third-order valence-electron chi connectivity index (χ3n) is 2.53. The van der Waals surface area contributed by atoms with Gasteiger partial charge in [0.1, 0.15) is 0 Å². The lowest BCUT2D eigenvalue weighted by Gasteiger charge is -2.05. The topological polar surface area (TPSA) is 50.9 Å². The van der Waals surface area contributed by atoms with Gasteiger partial charge in [0.15, 0.2) is 0 Å². The van der Waals surface area contributed by atoms with Crippen LogP contribution in [-0.4, -0.2) is 26.7 Å². The van der Waals surface area contributed by atoms with Crippen LogP contribution in [0.4, 0.5) is 0 Å². The SMILES string of the molecule is CCc1ccccc1-n1cc(CCO)nn1. The van der Waals surface area contributed by atoms with Crippen molar-refractivity contribution in [2.75, 3.05) is 6.61 Å². The molecule has 0 saturated heterocycles. The molecule has 0 aliphatic rings. The maximum Gasteiger partial charge on any atom is 0.0854 e. The van der Waals surface area contributed by atoms with E-state index in [2.05, 4.69) is 23.3 Å². The van der Waals surface area contributed by atoms with Crippen LogP contribution in [0.3, 0.4) is 0 Å². The number of aliphatic hydroxyl groups is 1. The summed E-state index contributed by atoms with van der Waals surface area (Å²) in [5, 5.41) is 16.9.